The van der Waals surface area contributed by atoms with Crippen LogP contribution in [0.5, 0.6) is 0 Å². The van der Waals surface area contributed by atoms with Gasteiger partial charge in [0.15, 0.2) is 11.9 Å². The largest absolute Gasteiger partial charge is 0.491 e. The molecule has 0 aromatic heterocycles. The highest BCUT2D eigenvalue weighted by molar-refractivity contribution is 9.12. The van der Waals surface area contributed by atoms with E-state index in [1.807, 2.05) is 19.9 Å². The van der Waals surface area contributed by atoms with E-state index in [0.29, 0.717) is 29.2 Å². The maximum Gasteiger partial charge on any atom is 0.342 e. The van der Waals surface area contributed by atoms with Gasteiger partial charge in [-0.25, -0.2) is 0 Å². The smallest absolute Gasteiger partial charge is 0.342 e. The number of hydrogen-bond acceptors (Lipinski definition) is 3. The number of rotatable bonds is 6. The van der Waals surface area contributed by atoms with Gasteiger partial charge in [0.1, 0.15) is 4.48 Å². The first-order chi connectivity index (χ1) is 11.1. The Bertz CT molecular complexity index is 676. The van der Waals surface area contributed by atoms with E-state index in [4.69, 9.17) is 9.47 Å². The molecule has 1 aliphatic rings. The standard InChI is InChI=1S/C17H19BrN2O2S/c1-4-21-13-10-14(23-12-8-6-11(3)7-9-12)17(22-5-2)15(18)16(13)20-19/h6-10,13H,4-5H2,1-3H3. The van der Waals surface area contributed by atoms with E-state index in [1.165, 1.54) is 5.56 Å². The second-order valence-corrected chi connectivity index (χ2v) is 6.79. The third-order valence-electron chi connectivity index (χ3n) is 3.21. The number of benzene rings is 1. The van der Waals surface area contributed by atoms with Crippen molar-refractivity contribution in [3.8, 4) is 0 Å². The van der Waals surface area contributed by atoms with Crippen LogP contribution >= 0.6 is 27.7 Å². The van der Waals surface area contributed by atoms with Crippen molar-refractivity contribution in [2.45, 2.75) is 31.8 Å². The summed E-state index contributed by atoms with van der Waals surface area (Å²) in [5.41, 5.74) is 10.9. The Balaban J connectivity index is 2.39. The molecule has 1 aromatic carbocycles. The molecule has 0 saturated heterocycles. The molecule has 1 aromatic rings. The van der Waals surface area contributed by atoms with Crippen molar-refractivity contribution < 1.29 is 14.3 Å². The molecule has 2 rings (SSSR count). The Kier molecular flexibility index (Phi) is 6.66. The second-order valence-electron chi connectivity index (χ2n) is 4.88. The summed E-state index contributed by atoms with van der Waals surface area (Å²) in [5.74, 6) is 0.668. The van der Waals surface area contributed by atoms with Gasteiger partial charge in [0.2, 0.25) is 0 Å². The predicted molar refractivity (Wildman–Crippen MR) is 96.7 cm³/mol. The Morgan fingerprint density at radius 1 is 1.22 bits per heavy atom. The van der Waals surface area contributed by atoms with Crippen LogP contribution in [-0.2, 0) is 9.47 Å². The Morgan fingerprint density at radius 3 is 2.48 bits per heavy atom. The van der Waals surface area contributed by atoms with E-state index in [1.54, 1.807) is 11.8 Å². The molecule has 0 radical (unpaired) electrons. The Hall–Kier alpha value is -1.33. The molecule has 0 N–H and O–H groups in total. The highest BCUT2D eigenvalue weighted by atomic mass is 79.9. The minimum Gasteiger partial charge on any atom is -0.491 e. The monoisotopic (exact) mass is 394 g/mol. The molecule has 0 heterocycles. The van der Waals surface area contributed by atoms with Gasteiger partial charge < -0.3 is 15.0 Å². The predicted octanol–water partition coefficient (Wildman–Crippen LogP) is 4.70. The van der Waals surface area contributed by atoms with Crippen LogP contribution in [0.15, 0.2) is 50.4 Å². The molecule has 0 amide bonds. The first-order valence-electron chi connectivity index (χ1n) is 7.43. The van der Waals surface area contributed by atoms with E-state index in [-0.39, 0.29) is 0 Å². The van der Waals surface area contributed by atoms with E-state index >= 15 is 0 Å². The summed E-state index contributed by atoms with van der Waals surface area (Å²) in [5, 5.41) is 0. The minimum atomic E-state index is -0.406. The number of halogens is 1. The van der Waals surface area contributed by atoms with Crippen LogP contribution in [0.1, 0.15) is 19.4 Å². The summed E-state index contributed by atoms with van der Waals surface area (Å²) in [7, 11) is 0. The van der Waals surface area contributed by atoms with Crippen LogP contribution in [0.3, 0.4) is 0 Å². The van der Waals surface area contributed by atoms with E-state index in [2.05, 4.69) is 51.9 Å². The maximum atomic E-state index is 9.30. The quantitative estimate of drug-likeness (QED) is 0.518. The molecule has 0 spiro atoms. The summed E-state index contributed by atoms with van der Waals surface area (Å²) in [6.07, 6.45) is 1.52. The summed E-state index contributed by atoms with van der Waals surface area (Å²) >= 11 is 5.09. The maximum absolute atomic E-state index is 9.30. The van der Waals surface area contributed by atoms with E-state index < -0.39 is 6.10 Å². The molecule has 122 valence electrons. The van der Waals surface area contributed by atoms with Crippen molar-refractivity contribution in [1.82, 2.24) is 0 Å². The molecule has 1 unspecified atom stereocenters. The van der Waals surface area contributed by atoms with Gasteiger partial charge in [0.25, 0.3) is 0 Å². The lowest BCUT2D eigenvalue weighted by Gasteiger charge is -2.21. The molecule has 0 bridgehead atoms. The third-order valence-corrected chi connectivity index (χ3v) is 5.03. The van der Waals surface area contributed by atoms with Crippen molar-refractivity contribution in [3.63, 3.8) is 0 Å². The Morgan fingerprint density at radius 2 is 1.91 bits per heavy atom. The average molecular weight is 395 g/mol. The highest BCUT2D eigenvalue weighted by Crippen LogP contribution is 2.39. The fraction of sp³-hybridized carbons (Fsp3) is 0.353. The number of nitrogens with zero attached hydrogens (tertiary/aromatic N) is 2. The number of aryl methyl sites for hydroxylation is 1. The lowest BCUT2D eigenvalue weighted by atomic mass is 10.1. The summed E-state index contributed by atoms with van der Waals surface area (Å²) in [6.45, 7) is 6.93. The van der Waals surface area contributed by atoms with Gasteiger partial charge >= 0.3 is 5.71 Å². The van der Waals surface area contributed by atoms with Crippen LogP contribution in [-0.4, -0.2) is 29.8 Å². The summed E-state index contributed by atoms with van der Waals surface area (Å²) in [6, 6.07) is 8.30. The first-order valence-corrected chi connectivity index (χ1v) is 9.04. The molecule has 1 atom stereocenters. The molecule has 4 nitrogen and oxygen atoms in total. The summed E-state index contributed by atoms with van der Waals surface area (Å²) < 4.78 is 12.1. The molecule has 0 saturated carbocycles. The fourth-order valence-corrected chi connectivity index (χ4v) is 3.88. The van der Waals surface area contributed by atoms with Gasteiger partial charge in [-0.1, -0.05) is 29.5 Å². The molecular weight excluding hydrogens is 376 g/mol. The van der Waals surface area contributed by atoms with Crippen LogP contribution in [0.2, 0.25) is 0 Å². The van der Waals surface area contributed by atoms with Gasteiger partial charge in [0, 0.05) is 11.5 Å². The number of thioether (sulfide) groups is 1. The van der Waals surface area contributed by atoms with Crippen molar-refractivity contribution in [2.75, 3.05) is 13.2 Å². The zero-order valence-electron chi connectivity index (χ0n) is 13.4. The van der Waals surface area contributed by atoms with Gasteiger partial charge in [-0.2, -0.15) is 4.79 Å². The van der Waals surface area contributed by atoms with Crippen molar-refractivity contribution in [3.05, 3.63) is 56.6 Å². The van der Waals surface area contributed by atoms with Gasteiger partial charge in [-0.15, -0.1) is 0 Å². The number of ether oxygens (including phenoxy) is 2. The molecule has 23 heavy (non-hydrogen) atoms. The van der Waals surface area contributed by atoms with Gasteiger partial charge in [-0.05, 0) is 54.9 Å². The lowest BCUT2D eigenvalue weighted by Crippen LogP contribution is -2.28. The molecular formula is C17H19BrN2O2S. The lowest BCUT2D eigenvalue weighted by molar-refractivity contribution is -0.0225. The van der Waals surface area contributed by atoms with E-state index in [0.717, 1.165) is 9.80 Å². The second kappa shape index (κ2) is 8.50. The summed E-state index contributed by atoms with van der Waals surface area (Å²) in [4.78, 5) is 5.42. The van der Waals surface area contributed by atoms with Crippen molar-refractivity contribution >= 4 is 33.4 Å². The van der Waals surface area contributed by atoms with Crippen molar-refractivity contribution in [2.24, 2.45) is 0 Å². The van der Waals surface area contributed by atoms with E-state index in [9.17, 15) is 5.53 Å². The third kappa shape index (κ3) is 4.36. The zero-order chi connectivity index (χ0) is 16.8. The normalized spacial score (nSPS) is 17.8. The van der Waals surface area contributed by atoms with Gasteiger partial charge in [0.05, 0.1) is 11.5 Å². The molecule has 6 heteroatoms. The fourth-order valence-electron chi connectivity index (χ4n) is 2.14. The molecule has 0 aliphatic heterocycles. The van der Waals surface area contributed by atoms with Crippen molar-refractivity contribution in [1.29, 1.82) is 0 Å². The highest BCUT2D eigenvalue weighted by Gasteiger charge is 2.35. The topological polar surface area (TPSA) is 54.9 Å². The molecule has 1 aliphatic carbocycles. The average Bonchev–Trinajstić information content (AvgIpc) is 2.54. The SMILES string of the molecule is CCOC1=C(Br)C(=[N+]=[N-])C(OCC)C=C1Sc1ccc(C)cc1. The van der Waals surface area contributed by atoms with Crippen LogP contribution < -0.4 is 0 Å². The molecule has 0 fully saturated rings. The van der Waals surface area contributed by atoms with Crippen LogP contribution in [0.4, 0.5) is 0 Å². The Labute approximate surface area is 149 Å². The van der Waals surface area contributed by atoms with Crippen LogP contribution in [0.25, 0.3) is 5.53 Å². The zero-order valence-corrected chi connectivity index (χ0v) is 15.8. The van der Waals surface area contributed by atoms with Gasteiger partial charge in [-0.3, -0.25) is 0 Å². The minimum absolute atomic E-state index is 0.406. The first kappa shape index (κ1) is 18.0. The number of hydrogen-bond donors (Lipinski definition) is 0. The van der Waals surface area contributed by atoms with Crippen LogP contribution in [0, 0.1) is 6.92 Å².